The van der Waals surface area contributed by atoms with Crippen LogP contribution in [0.1, 0.15) is 21.2 Å². The Labute approximate surface area is 126 Å². The number of nitrogens with one attached hydrogen (secondary N) is 2. The second-order valence-electron chi connectivity index (χ2n) is 4.92. The first-order chi connectivity index (χ1) is 10.1. The molecule has 0 bridgehead atoms. The fourth-order valence-electron chi connectivity index (χ4n) is 2.17. The first kappa shape index (κ1) is 13.6. The number of H-pyrrole nitrogens is 1. The summed E-state index contributed by atoms with van der Waals surface area (Å²) in [5.41, 5.74) is 8.90. The molecule has 0 aliphatic carbocycles. The molecule has 5 nitrogen and oxygen atoms in total. The van der Waals surface area contributed by atoms with Crippen LogP contribution in [0.25, 0.3) is 10.9 Å². The Kier molecular flexibility index (Phi) is 3.62. The van der Waals surface area contributed by atoms with Crippen molar-refractivity contribution in [3.8, 4) is 0 Å². The van der Waals surface area contributed by atoms with Gasteiger partial charge in [-0.15, -0.1) is 11.3 Å². The van der Waals surface area contributed by atoms with Gasteiger partial charge >= 0.3 is 0 Å². The van der Waals surface area contributed by atoms with Gasteiger partial charge in [0.05, 0.1) is 5.01 Å². The predicted molar refractivity (Wildman–Crippen MR) is 85.6 cm³/mol. The largest absolute Gasteiger partial charge is 0.399 e. The van der Waals surface area contributed by atoms with E-state index in [1.165, 1.54) is 0 Å². The van der Waals surface area contributed by atoms with Crippen molar-refractivity contribution in [1.29, 1.82) is 0 Å². The smallest absolute Gasteiger partial charge is 0.267 e. The van der Waals surface area contributed by atoms with Gasteiger partial charge in [0.1, 0.15) is 5.69 Å². The fraction of sp³-hybridized carbons (Fsp3) is 0.200. The van der Waals surface area contributed by atoms with Crippen molar-refractivity contribution in [2.75, 3.05) is 12.3 Å². The summed E-state index contributed by atoms with van der Waals surface area (Å²) in [4.78, 5) is 19.6. The van der Waals surface area contributed by atoms with Gasteiger partial charge in [0, 0.05) is 40.6 Å². The summed E-state index contributed by atoms with van der Waals surface area (Å²) < 4.78 is 0. The second-order valence-corrected chi connectivity index (χ2v) is 5.86. The zero-order valence-electron chi connectivity index (χ0n) is 11.6. The number of amides is 1. The van der Waals surface area contributed by atoms with Gasteiger partial charge in [0.15, 0.2) is 0 Å². The zero-order valence-corrected chi connectivity index (χ0v) is 12.5. The lowest BCUT2D eigenvalue weighted by molar-refractivity contribution is 0.0950. The standard InChI is InChI=1S/C15H16N4OS/c1-9-8-21-14(18-9)4-5-17-15(20)13-7-10-6-11(16)2-3-12(10)19-13/h2-3,6-8,19H,4-5,16H2,1H3,(H,17,20). The highest BCUT2D eigenvalue weighted by Crippen LogP contribution is 2.18. The molecule has 0 saturated heterocycles. The topological polar surface area (TPSA) is 83.8 Å². The van der Waals surface area contributed by atoms with Gasteiger partial charge in [-0.1, -0.05) is 0 Å². The monoisotopic (exact) mass is 300 g/mol. The second kappa shape index (κ2) is 5.57. The van der Waals surface area contributed by atoms with Crippen molar-refractivity contribution in [2.24, 2.45) is 0 Å². The van der Waals surface area contributed by atoms with Crippen molar-refractivity contribution >= 4 is 33.8 Å². The fourth-order valence-corrected chi connectivity index (χ4v) is 2.95. The number of hydrogen-bond acceptors (Lipinski definition) is 4. The summed E-state index contributed by atoms with van der Waals surface area (Å²) in [5.74, 6) is -0.113. The number of nitrogen functional groups attached to an aromatic ring is 1. The predicted octanol–water partition coefficient (Wildman–Crippen LogP) is 2.49. The Morgan fingerprint density at radius 1 is 1.43 bits per heavy atom. The molecule has 0 atom stereocenters. The van der Waals surface area contributed by atoms with E-state index < -0.39 is 0 Å². The van der Waals surface area contributed by atoms with E-state index in [0.717, 1.165) is 28.0 Å². The molecule has 4 N–H and O–H groups in total. The average Bonchev–Trinajstić information content (AvgIpc) is 3.04. The molecule has 0 aliphatic heterocycles. The number of fused-ring (bicyclic) bond motifs is 1. The average molecular weight is 300 g/mol. The normalized spacial score (nSPS) is 10.9. The number of aryl methyl sites for hydroxylation is 1. The third-order valence-corrected chi connectivity index (χ3v) is 4.21. The van der Waals surface area contributed by atoms with E-state index in [4.69, 9.17) is 5.73 Å². The molecule has 0 unspecified atom stereocenters. The molecule has 0 fully saturated rings. The first-order valence-electron chi connectivity index (χ1n) is 6.69. The summed E-state index contributed by atoms with van der Waals surface area (Å²) in [5, 5.41) is 6.89. The Bertz CT molecular complexity index is 790. The van der Waals surface area contributed by atoms with E-state index in [9.17, 15) is 4.79 Å². The molecule has 2 aromatic heterocycles. The molecule has 108 valence electrons. The Hall–Kier alpha value is -2.34. The molecule has 0 saturated carbocycles. The molecule has 1 amide bonds. The van der Waals surface area contributed by atoms with E-state index in [0.29, 0.717) is 17.9 Å². The van der Waals surface area contributed by atoms with Gasteiger partial charge in [-0.2, -0.15) is 0 Å². The Morgan fingerprint density at radius 2 is 2.29 bits per heavy atom. The highest BCUT2D eigenvalue weighted by Gasteiger charge is 2.09. The van der Waals surface area contributed by atoms with Crippen LogP contribution in [0.5, 0.6) is 0 Å². The molecule has 21 heavy (non-hydrogen) atoms. The summed E-state index contributed by atoms with van der Waals surface area (Å²) in [6.07, 6.45) is 0.747. The molecule has 6 heteroatoms. The molecular formula is C15H16N4OS. The number of nitrogens with zero attached hydrogens (tertiary/aromatic N) is 1. The van der Waals surface area contributed by atoms with E-state index in [-0.39, 0.29) is 5.91 Å². The lowest BCUT2D eigenvalue weighted by atomic mass is 10.2. The third-order valence-electron chi connectivity index (χ3n) is 3.18. The van der Waals surface area contributed by atoms with Gasteiger partial charge in [0.2, 0.25) is 0 Å². The van der Waals surface area contributed by atoms with Crippen molar-refractivity contribution in [1.82, 2.24) is 15.3 Å². The van der Waals surface area contributed by atoms with Crippen LogP contribution in [0, 0.1) is 6.92 Å². The molecule has 0 aliphatic rings. The number of rotatable bonds is 4. The van der Waals surface area contributed by atoms with Crippen LogP contribution in [0.4, 0.5) is 5.69 Å². The Balaban J connectivity index is 1.63. The van der Waals surface area contributed by atoms with Crippen LogP contribution >= 0.6 is 11.3 Å². The molecule has 3 aromatic rings. The highest BCUT2D eigenvalue weighted by atomic mass is 32.1. The van der Waals surface area contributed by atoms with Crippen molar-refractivity contribution in [3.05, 3.63) is 46.0 Å². The maximum Gasteiger partial charge on any atom is 0.267 e. The van der Waals surface area contributed by atoms with Crippen LogP contribution in [0.15, 0.2) is 29.6 Å². The third kappa shape index (κ3) is 3.05. The molecule has 1 aromatic carbocycles. The molecule has 0 spiro atoms. The van der Waals surface area contributed by atoms with Gasteiger partial charge < -0.3 is 16.0 Å². The number of nitrogens with two attached hydrogens (primary N) is 1. The van der Waals surface area contributed by atoms with E-state index in [2.05, 4.69) is 15.3 Å². The maximum absolute atomic E-state index is 12.1. The first-order valence-corrected chi connectivity index (χ1v) is 7.57. The van der Waals surface area contributed by atoms with Crippen molar-refractivity contribution in [3.63, 3.8) is 0 Å². The number of carbonyl (C=O) groups is 1. The summed E-state index contributed by atoms with van der Waals surface area (Å²) in [6.45, 7) is 2.54. The number of hydrogen-bond donors (Lipinski definition) is 3. The van der Waals surface area contributed by atoms with Crippen LogP contribution in [-0.4, -0.2) is 22.4 Å². The number of thiazole rings is 1. The number of aromatic amines is 1. The molecule has 0 radical (unpaired) electrons. The van der Waals surface area contributed by atoms with E-state index >= 15 is 0 Å². The minimum Gasteiger partial charge on any atom is -0.399 e. The summed E-state index contributed by atoms with van der Waals surface area (Å²) in [7, 11) is 0. The van der Waals surface area contributed by atoms with Crippen LogP contribution in [-0.2, 0) is 6.42 Å². The van der Waals surface area contributed by atoms with Crippen molar-refractivity contribution < 1.29 is 4.79 Å². The molecular weight excluding hydrogens is 284 g/mol. The number of carbonyl (C=O) groups excluding carboxylic acids is 1. The number of anilines is 1. The summed E-state index contributed by atoms with van der Waals surface area (Å²) >= 11 is 1.62. The number of aromatic nitrogens is 2. The SMILES string of the molecule is Cc1csc(CCNC(=O)c2cc3cc(N)ccc3[nH]2)n1. The van der Waals surface area contributed by atoms with Crippen LogP contribution < -0.4 is 11.1 Å². The van der Waals surface area contributed by atoms with Gasteiger partial charge in [-0.3, -0.25) is 4.79 Å². The molecule has 2 heterocycles. The van der Waals surface area contributed by atoms with Gasteiger partial charge in [0.25, 0.3) is 5.91 Å². The van der Waals surface area contributed by atoms with Crippen LogP contribution in [0.3, 0.4) is 0 Å². The number of benzene rings is 1. The highest BCUT2D eigenvalue weighted by molar-refractivity contribution is 7.09. The summed E-state index contributed by atoms with van der Waals surface area (Å²) in [6, 6.07) is 7.35. The molecule has 3 rings (SSSR count). The van der Waals surface area contributed by atoms with E-state index in [1.807, 2.05) is 36.6 Å². The van der Waals surface area contributed by atoms with Gasteiger partial charge in [-0.25, -0.2) is 4.98 Å². The lowest BCUT2D eigenvalue weighted by Crippen LogP contribution is -2.25. The Morgan fingerprint density at radius 3 is 3.05 bits per heavy atom. The van der Waals surface area contributed by atoms with E-state index in [1.54, 1.807) is 11.3 Å². The van der Waals surface area contributed by atoms with Gasteiger partial charge in [-0.05, 0) is 31.2 Å². The minimum absolute atomic E-state index is 0.113. The zero-order chi connectivity index (χ0) is 14.8. The lowest BCUT2D eigenvalue weighted by Gasteiger charge is -2.01. The maximum atomic E-state index is 12.1. The quantitative estimate of drug-likeness (QED) is 0.647. The minimum atomic E-state index is -0.113. The van der Waals surface area contributed by atoms with Crippen LogP contribution in [0.2, 0.25) is 0 Å². The van der Waals surface area contributed by atoms with Crippen molar-refractivity contribution in [2.45, 2.75) is 13.3 Å².